The van der Waals surface area contributed by atoms with E-state index >= 15 is 0 Å². The van der Waals surface area contributed by atoms with Gasteiger partial charge in [0.15, 0.2) is 0 Å². The van der Waals surface area contributed by atoms with Crippen molar-refractivity contribution in [1.29, 1.82) is 0 Å². The van der Waals surface area contributed by atoms with Gasteiger partial charge in [-0.15, -0.1) is 0 Å². The second-order valence-corrected chi connectivity index (χ2v) is 5.45. The first-order valence-electron chi connectivity index (χ1n) is 5.84. The van der Waals surface area contributed by atoms with Crippen LogP contribution in [-0.4, -0.2) is 32.8 Å². The van der Waals surface area contributed by atoms with E-state index < -0.39 is 0 Å². The Bertz CT molecular complexity index is 158. The maximum Gasteiger partial charge on any atom is 0.0467 e. The van der Waals surface area contributed by atoms with Crippen LogP contribution in [0.3, 0.4) is 0 Å². The molecule has 15 heavy (non-hydrogen) atoms. The molecule has 0 saturated carbocycles. The molecule has 0 rings (SSSR count). The van der Waals surface area contributed by atoms with E-state index in [1.807, 2.05) is 0 Å². The Kier molecular flexibility index (Phi) is 7.14. The molecule has 0 heterocycles. The van der Waals surface area contributed by atoms with Gasteiger partial charge < -0.3 is 15.8 Å². The van der Waals surface area contributed by atoms with Crippen molar-refractivity contribution in [1.82, 2.24) is 5.32 Å². The number of hydrogen-bond acceptors (Lipinski definition) is 3. The molecular weight excluding hydrogens is 188 g/mol. The van der Waals surface area contributed by atoms with Gasteiger partial charge in [0.25, 0.3) is 0 Å². The van der Waals surface area contributed by atoms with Crippen molar-refractivity contribution in [2.24, 2.45) is 17.1 Å². The van der Waals surface area contributed by atoms with E-state index in [9.17, 15) is 0 Å². The minimum absolute atomic E-state index is 0.253. The third-order valence-electron chi connectivity index (χ3n) is 2.82. The monoisotopic (exact) mass is 216 g/mol. The zero-order valence-corrected chi connectivity index (χ0v) is 11.0. The fraction of sp³-hybridized carbons (Fsp3) is 1.00. The molecule has 1 atom stereocenters. The molecule has 3 N–H and O–H groups in total. The number of nitrogens with one attached hydrogen (secondary N) is 1. The van der Waals surface area contributed by atoms with Crippen molar-refractivity contribution in [3.63, 3.8) is 0 Å². The largest absolute Gasteiger partial charge is 0.385 e. The molecule has 0 fully saturated rings. The van der Waals surface area contributed by atoms with E-state index in [0.717, 1.165) is 26.1 Å². The third-order valence-corrected chi connectivity index (χ3v) is 2.82. The van der Waals surface area contributed by atoms with Crippen molar-refractivity contribution in [2.45, 2.75) is 40.2 Å². The van der Waals surface area contributed by atoms with E-state index in [1.165, 1.54) is 0 Å². The highest BCUT2D eigenvalue weighted by molar-refractivity contribution is 4.74. The third kappa shape index (κ3) is 7.77. The van der Waals surface area contributed by atoms with Crippen molar-refractivity contribution in [3.05, 3.63) is 0 Å². The number of rotatable bonds is 8. The van der Waals surface area contributed by atoms with E-state index in [2.05, 4.69) is 33.0 Å². The van der Waals surface area contributed by atoms with Crippen LogP contribution >= 0.6 is 0 Å². The molecule has 0 aliphatic carbocycles. The number of ether oxygens (including phenoxy) is 1. The molecule has 0 aliphatic heterocycles. The van der Waals surface area contributed by atoms with E-state index in [0.29, 0.717) is 5.92 Å². The zero-order valence-electron chi connectivity index (χ0n) is 11.0. The molecular formula is C12H28N2O. The summed E-state index contributed by atoms with van der Waals surface area (Å²) in [7, 11) is 1.75. The van der Waals surface area contributed by atoms with Gasteiger partial charge in [0, 0.05) is 32.8 Å². The van der Waals surface area contributed by atoms with Gasteiger partial charge in [-0.2, -0.15) is 0 Å². The lowest BCUT2D eigenvalue weighted by Crippen LogP contribution is -2.41. The predicted molar refractivity (Wildman–Crippen MR) is 66.0 cm³/mol. The summed E-state index contributed by atoms with van der Waals surface area (Å²) < 4.78 is 5.09. The fourth-order valence-electron chi connectivity index (χ4n) is 1.28. The molecule has 0 aromatic rings. The van der Waals surface area contributed by atoms with Gasteiger partial charge in [-0.05, 0) is 17.8 Å². The summed E-state index contributed by atoms with van der Waals surface area (Å²) in [4.78, 5) is 0. The molecule has 3 heteroatoms. The Morgan fingerprint density at radius 3 is 2.40 bits per heavy atom. The predicted octanol–water partition coefficient (Wildman–Crippen LogP) is 1.62. The van der Waals surface area contributed by atoms with Crippen LogP contribution in [0.5, 0.6) is 0 Å². The number of hydrogen-bond donors (Lipinski definition) is 2. The first-order chi connectivity index (χ1) is 6.89. The summed E-state index contributed by atoms with van der Waals surface area (Å²) in [5.41, 5.74) is 6.24. The Hall–Kier alpha value is -0.120. The van der Waals surface area contributed by atoms with Gasteiger partial charge in [0.05, 0.1) is 0 Å². The van der Waals surface area contributed by atoms with Gasteiger partial charge in [-0.3, -0.25) is 0 Å². The quantitative estimate of drug-likeness (QED) is 0.648. The van der Waals surface area contributed by atoms with Gasteiger partial charge in [0.1, 0.15) is 0 Å². The highest BCUT2D eigenvalue weighted by Gasteiger charge is 2.17. The normalized spacial score (nSPS) is 14.6. The van der Waals surface area contributed by atoms with Crippen LogP contribution in [0, 0.1) is 11.3 Å². The van der Waals surface area contributed by atoms with Gasteiger partial charge >= 0.3 is 0 Å². The lowest BCUT2D eigenvalue weighted by molar-refractivity contribution is 0.150. The van der Waals surface area contributed by atoms with Crippen molar-refractivity contribution in [3.8, 4) is 0 Å². The molecule has 0 radical (unpaired) electrons. The minimum Gasteiger partial charge on any atom is -0.385 e. The van der Waals surface area contributed by atoms with E-state index in [-0.39, 0.29) is 11.5 Å². The van der Waals surface area contributed by atoms with E-state index in [4.69, 9.17) is 10.5 Å². The van der Waals surface area contributed by atoms with Crippen LogP contribution in [0.2, 0.25) is 0 Å². The Morgan fingerprint density at radius 1 is 1.33 bits per heavy atom. The lowest BCUT2D eigenvalue weighted by Gasteiger charge is -2.26. The van der Waals surface area contributed by atoms with Crippen LogP contribution < -0.4 is 11.1 Å². The maximum absolute atomic E-state index is 5.96. The molecule has 1 unspecified atom stereocenters. The first kappa shape index (κ1) is 14.9. The van der Waals surface area contributed by atoms with E-state index in [1.54, 1.807) is 7.11 Å². The van der Waals surface area contributed by atoms with Gasteiger partial charge in [-0.25, -0.2) is 0 Å². The summed E-state index contributed by atoms with van der Waals surface area (Å²) >= 11 is 0. The second kappa shape index (κ2) is 7.20. The Labute approximate surface area is 94.8 Å². The van der Waals surface area contributed by atoms with Crippen LogP contribution in [0.4, 0.5) is 0 Å². The van der Waals surface area contributed by atoms with Gasteiger partial charge in [-0.1, -0.05) is 27.7 Å². The fourth-order valence-corrected chi connectivity index (χ4v) is 1.28. The summed E-state index contributed by atoms with van der Waals surface area (Å²) in [5.74, 6) is 0.541. The molecule has 0 aromatic heterocycles. The van der Waals surface area contributed by atoms with Crippen molar-refractivity contribution < 1.29 is 4.74 Å². The molecule has 3 nitrogen and oxygen atoms in total. The summed E-state index contributed by atoms with van der Waals surface area (Å²) in [5, 5.41) is 3.44. The first-order valence-corrected chi connectivity index (χ1v) is 5.84. The molecule has 92 valence electrons. The molecule has 0 spiro atoms. The van der Waals surface area contributed by atoms with Crippen molar-refractivity contribution in [2.75, 3.05) is 26.8 Å². The standard InChI is InChI=1S/C12H28N2O/c1-10(2)11(13)8-14-9-12(3,4)6-7-15-5/h10-11,14H,6-9,13H2,1-5H3. The highest BCUT2D eigenvalue weighted by atomic mass is 16.5. The van der Waals surface area contributed by atoms with Crippen molar-refractivity contribution >= 4 is 0 Å². The van der Waals surface area contributed by atoms with Crippen LogP contribution in [0.1, 0.15) is 34.1 Å². The number of nitrogens with two attached hydrogens (primary N) is 1. The zero-order chi connectivity index (χ0) is 11.9. The molecule has 0 aliphatic rings. The topological polar surface area (TPSA) is 47.3 Å². The SMILES string of the molecule is COCCC(C)(C)CNCC(N)C(C)C. The number of methoxy groups -OCH3 is 1. The minimum atomic E-state index is 0.253. The lowest BCUT2D eigenvalue weighted by atomic mass is 9.89. The molecule has 0 aromatic carbocycles. The average molecular weight is 216 g/mol. The Morgan fingerprint density at radius 2 is 1.93 bits per heavy atom. The Balaban J connectivity index is 3.64. The van der Waals surface area contributed by atoms with Gasteiger partial charge in [0.2, 0.25) is 0 Å². The molecule has 0 bridgehead atoms. The summed E-state index contributed by atoms with van der Waals surface area (Å²) in [6.07, 6.45) is 1.08. The highest BCUT2D eigenvalue weighted by Crippen LogP contribution is 2.18. The van der Waals surface area contributed by atoms with Crippen LogP contribution in [-0.2, 0) is 4.74 Å². The summed E-state index contributed by atoms with van der Waals surface area (Å²) in [6.45, 7) is 11.5. The average Bonchev–Trinajstić information content (AvgIpc) is 2.14. The molecule has 0 amide bonds. The maximum atomic E-state index is 5.96. The molecule has 0 saturated heterocycles. The second-order valence-electron chi connectivity index (χ2n) is 5.45. The summed E-state index contributed by atoms with van der Waals surface area (Å²) in [6, 6.07) is 0.253. The van der Waals surface area contributed by atoms with Crippen LogP contribution in [0.15, 0.2) is 0 Å². The van der Waals surface area contributed by atoms with Crippen LogP contribution in [0.25, 0.3) is 0 Å². The smallest absolute Gasteiger partial charge is 0.0467 e.